The molecule has 0 spiro atoms. The van der Waals surface area contributed by atoms with Crippen LogP contribution in [0.2, 0.25) is 25.7 Å². The van der Waals surface area contributed by atoms with Crippen molar-refractivity contribution in [3.05, 3.63) is 16.9 Å². The van der Waals surface area contributed by atoms with Gasteiger partial charge in [-0.15, -0.1) is 0 Å². The zero-order valence-electron chi connectivity index (χ0n) is 16.8. The molecule has 150 valence electrons. The van der Waals surface area contributed by atoms with Crippen molar-refractivity contribution in [1.29, 1.82) is 0 Å². The fourth-order valence-electron chi connectivity index (χ4n) is 3.22. The highest BCUT2D eigenvalue weighted by Crippen LogP contribution is 2.32. The molecule has 0 radical (unpaired) electrons. The van der Waals surface area contributed by atoms with Crippen LogP contribution in [0, 0.1) is 5.41 Å². The van der Waals surface area contributed by atoms with Gasteiger partial charge in [0.1, 0.15) is 18.1 Å². The van der Waals surface area contributed by atoms with Gasteiger partial charge in [0.15, 0.2) is 5.65 Å². The predicted octanol–water partition coefficient (Wildman–Crippen LogP) is 4.10. The van der Waals surface area contributed by atoms with E-state index in [9.17, 15) is 5.11 Å². The summed E-state index contributed by atoms with van der Waals surface area (Å²) in [5.41, 5.74) is 1.74. The van der Waals surface area contributed by atoms with E-state index >= 15 is 0 Å². The molecule has 0 amide bonds. The molecule has 0 atom stereocenters. The van der Waals surface area contributed by atoms with Crippen LogP contribution in [0.1, 0.15) is 19.8 Å². The van der Waals surface area contributed by atoms with Crippen molar-refractivity contribution in [2.75, 3.05) is 31.2 Å². The summed E-state index contributed by atoms with van der Waals surface area (Å²) in [7, 11) is -1.09. The summed E-state index contributed by atoms with van der Waals surface area (Å²) < 4.78 is 8.88. The number of hydrogen-bond acceptors (Lipinski definition) is 5. The minimum Gasteiger partial charge on any atom is -0.396 e. The van der Waals surface area contributed by atoms with Crippen LogP contribution in [0.5, 0.6) is 0 Å². The molecule has 3 rings (SSSR count). The van der Waals surface area contributed by atoms with E-state index in [4.69, 9.17) is 9.72 Å². The molecule has 2 aromatic rings. The van der Waals surface area contributed by atoms with Crippen LogP contribution in [0.4, 0.5) is 5.82 Å². The summed E-state index contributed by atoms with van der Waals surface area (Å²) in [5, 5.41) is 9.57. The van der Waals surface area contributed by atoms with Crippen molar-refractivity contribution in [2.24, 2.45) is 5.41 Å². The second-order valence-corrected chi connectivity index (χ2v) is 15.6. The number of aliphatic hydroxyl groups is 1. The van der Waals surface area contributed by atoms with Crippen LogP contribution >= 0.6 is 15.9 Å². The van der Waals surface area contributed by atoms with Gasteiger partial charge in [-0.05, 0) is 40.2 Å². The predicted molar refractivity (Wildman–Crippen MR) is 116 cm³/mol. The first-order chi connectivity index (χ1) is 12.7. The summed E-state index contributed by atoms with van der Waals surface area (Å²) in [6, 6.07) is 1.15. The Labute approximate surface area is 171 Å². The molecule has 0 aliphatic carbocycles. The van der Waals surface area contributed by atoms with Crippen LogP contribution in [0.15, 0.2) is 16.9 Å². The zero-order chi connectivity index (χ0) is 19.7. The van der Waals surface area contributed by atoms with Crippen LogP contribution in [0.3, 0.4) is 0 Å². The number of hydrogen-bond donors (Lipinski definition) is 1. The van der Waals surface area contributed by atoms with E-state index in [-0.39, 0.29) is 12.0 Å². The van der Waals surface area contributed by atoms with Gasteiger partial charge in [-0.1, -0.05) is 26.6 Å². The Hall–Kier alpha value is -0.963. The molecule has 3 heterocycles. The third-order valence-electron chi connectivity index (χ3n) is 5.41. The zero-order valence-corrected chi connectivity index (χ0v) is 19.4. The second-order valence-electron chi connectivity index (χ2n) is 9.15. The molecular formula is C19H31BrN4O2Si. The lowest BCUT2D eigenvalue weighted by molar-refractivity contribution is 0.0898. The molecule has 1 saturated heterocycles. The highest BCUT2D eigenvalue weighted by atomic mass is 79.9. The third kappa shape index (κ3) is 5.10. The number of halogens is 1. The molecule has 8 heteroatoms. The normalized spacial score (nSPS) is 17.6. The fourth-order valence-corrected chi connectivity index (χ4v) is 4.51. The number of fused-ring (bicyclic) bond motifs is 1. The first kappa shape index (κ1) is 20.8. The smallest absolute Gasteiger partial charge is 0.164 e. The van der Waals surface area contributed by atoms with Gasteiger partial charge in [-0.3, -0.25) is 0 Å². The Bertz CT molecular complexity index is 782. The van der Waals surface area contributed by atoms with Gasteiger partial charge in [0.2, 0.25) is 0 Å². The van der Waals surface area contributed by atoms with E-state index in [0.717, 1.165) is 60.0 Å². The van der Waals surface area contributed by atoms with Crippen LogP contribution in [-0.2, 0) is 11.5 Å². The maximum atomic E-state index is 9.57. The Morgan fingerprint density at radius 1 is 1.30 bits per heavy atom. The van der Waals surface area contributed by atoms with Gasteiger partial charge in [0.25, 0.3) is 0 Å². The number of piperidine rings is 1. The summed E-state index contributed by atoms with van der Waals surface area (Å²) in [6.45, 7) is 12.5. The van der Waals surface area contributed by atoms with E-state index in [1.165, 1.54) is 0 Å². The second kappa shape index (κ2) is 8.19. The number of anilines is 1. The number of ether oxygens (including phenoxy) is 1. The van der Waals surface area contributed by atoms with Crippen molar-refractivity contribution in [3.63, 3.8) is 0 Å². The molecule has 0 aromatic carbocycles. The Kier molecular flexibility index (Phi) is 6.30. The standard InChI is InChI=1S/C19H31BrN4O2Si/c1-19(13-25)5-7-23(8-6-19)16-11-21-17-15(20)12-24(18(17)22-16)14-26-9-10-27(2,3)4/h11-12,25H,5-10,13-14H2,1-4H3. The summed E-state index contributed by atoms with van der Waals surface area (Å²) in [5.74, 6) is 0.899. The van der Waals surface area contributed by atoms with E-state index in [1.807, 2.05) is 17.0 Å². The number of nitrogens with zero attached hydrogens (tertiary/aromatic N) is 4. The first-order valence-electron chi connectivity index (χ1n) is 9.66. The third-order valence-corrected chi connectivity index (χ3v) is 7.70. The minimum atomic E-state index is -1.09. The number of aromatic nitrogens is 3. The molecule has 2 aromatic heterocycles. The van der Waals surface area contributed by atoms with E-state index in [2.05, 4.69) is 52.4 Å². The molecule has 1 aliphatic rings. The maximum Gasteiger partial charge on any atom is 0.164 e. The Morgan fingerprint density at radius 3 is 2.63 bits per heavy atom. The highest BCUT2D eigenvalue weighted by Gasteiger charge is 2.30. The van der Waals surface area contributed by atoms with Gasteiger partial charge in [-0.2, -0.15) is 0 Å². The summed E-state index contributed by atoms with van der Waals surface area (Å²) >= 11 is 3.59. The van der Waals surface area contributed by atoms with Crippen molar-refractivity contribution in [3.8, 4) is 0 Å². The molecule has 6 nitrogen and oxygen atoms in total. The van der Waals surface area contributed by atoms with Crippen LogP contribution in [0.25, 0.3) is 11.2 Å². The number of rotatable bonds is 7. The van der Waals surface area contributed by atoms with Crippen LogP contribution in [-0.4, -0.2) is 54.0 Å². The molecule has 1 N–H and O–H groups in total. The van der Waals surface area contributed by atoms with Crippen molar-refractivity contribution >= 4 is 41.0 Å². The SMILES string of the molecule is CC1(CO)CCN(c2cnc3c(Br)cn(COCC[Si](C)(C)C)c3n2)CC1. The Morgan fingerprint density at radius 2 is 2.00 bits per heavy atom. The molecule has 1 aliphatic heterocycles. The van der Waals surface area contributed by atoms with Crippen molar-refractivity contribution in [2.45, 2.75) is 52.2 Å². The monoisotopic (exact) mass is 454 g/mol. The lowest BCUT2D eigenvalue weighted by Gasteiger charge is -2.38. The lowest BCUT2D eigenvalue weighted by atomic mass is 9.81. The Balaban J connectivity index is 1.72. The average molecular weight is 455 g/mol. The highest BCUT2D eigenvalue weighted by molar-refractivity contribution is 9.10. The molecule has 0 unspecified atom stereocenters. The summed E-state index contributed by atoms with van der Waals surface area (Å²) in [4.78, 5) is 11.8. The molecule has 1 fully saturated rings. The van der Waals surface area contributed by atoms with Gasteiger partial charge < -0.3 is 19.3 Å². The lowest BCUT2D eigenvalue weighted by Crippen LogP contribution is -2.40. The fraction of sp³-hybridized carbons (Fsp3) is 0.684. The largest absolute Gasteiger partial charge is 0.396 e. The van der Waals surface area contributed by atoms with Gasteiger partial charge in [0, 0.05) is 40.6 Å². The topological polar surface area (TPSA) is 63.4 Å². The van der Waals surface area contributed by atoms with Gasteiger partial charge in [0.05, 0.1) is 10.7 Å². The van der Waals surface area contributed by atoms with Gasteiger partial charge in [-0.25, -0.2) is 9.97 Å². The van der Waals surface area contributed by atoms with E-state index < -0.39 is 8.07 Å². The minimum absolute atomic E-state index is 0.0292. The van der Waals surface area contributed by atoms with E-state index in [0.29, 0.717) is 6.73 Å². The molecule has 0 saturated carbocycles. The molecule has 27 heavy (non-hydrogen) atoms. The first-order valence-corrected chi connectivity index (χ1v) is 14.2. The van der Waals surface area contributed by atoms with Crippen molar-refractivity contribution in [1.82, 2.24) is 14.5 Å². The molecular weight excluding hydrogens is 424 g/mol. The van der Waals surface area contributed by atoms with E-state index in [1.54, 1.807) is 0 Å². The quantitative estimate of drug-likeness (QED) is 0.503. The number of aliphatic hydroxyl groups excluding tert-OH is 1. The van der Waals surface area contributed by atoms with Crippen molar-refractivity contribution < 1.29 is 9.84 Å². The summed E-state index contributed by atoms with van der Waals surface area (Å²) in [6.07, 6.45) is 5.79. The van der Waals surface area contributed by atoms with Crippen LogP contribution < -0.4 is 4.90 Å². The maximum absolute atomic E-state index is 9.57. The average Bonchev–Trinajstić information content (AvgIpc) is 2.94. The molecule has 0 bridgehead atoms. The van der Waals surface area contributed by atoms with Gasteiger partial charge >= 0.3 is 0 Å².